The average Bonchev–Trinajstić information content (AvgIpc) is 3.02. The van der Waals surface area contributed by atoms with Crippen molar-refractivity contribution in [3.8, 4) is 6.01 Å². The van der Waals surface area contributed by atoms with Crippen LogP contribution in [0.25, 0.3) is 11.2 Å². The molecule has 3 aromatic rings. The van der Waals surface area contributed by atoms with Crippen LogP contribution in [0.15, 0.2) is 36.8 Å². The Bertz CT molecular complexity index is 843. The fourth-order valence-electron chi connectivity index (χ4n) is 3.20. The van der Waals surface area contributed by atoms with Crippen molar-refractivity contribution in [3.05, 3.63) is 36.8 Å². The summed E-state index contributed by atoms with van der Waals surface area (Å²) in [7, 11) is 2.17. The highest BCUT2D eigenvalue weighted by Crippen LogP contribution is 2.20. The van der Waals surface area contributed by atoms with E-state index in [2.05, 4.69) is 36.8 Å². The van der Waals surface area contributed by atoms with Crippen LogP contribution in [-0.4, -0.2) is 62.2 Å². The molecule has 0 amide bonds. The van der Waals surface area contributed by atoms with Crippen LogP contribution in [0, 0.1) is 0 Å². The van der Waals surface area contributed by atoms with E-state index in [1.165, 1.54) is 0 Å². The first-order valence-electron chi connectivity index (χ1n) is 8.96. The maximum absolute atomic E-state index is 5.65. The fraction of sp³-hybridized carbons (Fsp3) is 0.444. The minimum absolute atomic E-state index is 0.384. The zero-order chi connectivity index (χ0) is 17.8. The van der Waals surface area contributed by atoms with Gasteiger partial charge in [0, 0.05) is 24.6 Å². The van der Waals surface area contributed by atoms with Crippen molar-refractivity contribution < 1.29 is 4.74 Å². The SMILES string of the molecule is CN1CCC(Nc2nc3cccnc3n2CCOc2ncccn2)CC1. The third-order valence-corrected chi connectivity index (χ3v) is 4.64. The van der Waals surface area contributed by atoms with Gasteiger partial charge in [-0.2, -0.15) is 0 Å². The van der Waals surface area contributed by atoms with E-state index in [9.17, 15) is 0 Å². The molecule has 1 saturated heterocycles. The van der Waals surface area contributed by atoms with E-state index < -0.39 is 0 Å². The van der Waals surface area contributed by atoms with Crippen molar-refractivity contribution in [2.24, 2.45) is 0 Å². The molecule has 1 aliphatic rings. The van der Waals surface area contributed by atoms with Crippen LogP contribution in [0.5, 0.6) is 6.01 Å². The van der Waals surface area contributed by atoms with Crippen LogP contribution in [0.3, 0.4) is 0 Å². The van der Waals surface area contributed by atoms with E-state index in [1.807, 2.05) is 12.1 Å². The number of fused-ring (bicyclic) bond motifs is 1. The topological polar surface area (TPSA) is 81.0 Å². The lowest BCUT2D eigenvalue weighted by atomic mass is 10.1. The Hall–Kier alpha value is -2.74. The summed E-state index contributed by atoms with van der Waals surface area (Å²) in [5, 5.41) is 3.61. The van der Waals surface area contributed by atoms with Gasteiger partial charge in [-0.15, -0.1) is 0 Å². The summed E-state index contributed by atoms with van der Waals surface area (Å²) >= 11 is 0. The number of nitrogens with zero attached hydrogens (tertiary/aromatic N) is 6. The lowest BCUT2D eigenvalue weighted by molar-refractivity contribution is 0.262. The van der Waals surface area contributed by atoms with Crippen molar-refractivity contribution in [2.45, 2.75) is 25.4 Å². The second-order valence-corrected chi connectivity index (χ2v) is 6.53. The first-order valence-corrected chi connectivity index (χ1v) is 8.96. The number of imidazole rings is 1. The molecule has 26 heavy (non-hydrogen) atoms. The molecule has 0 unspecified atom stereocenters. The van der Waals surface area contributed by atoms with Crippen molar-refractivity contribution in [2.75, 3.05) is 32.1 Å². The molecule has 136 valence electrons. The summed E-state index contributed by atoms with van der Waals surface area (Å²) in [6.07, 6.45) is 7.36. The Kier molecular flexibility index (Phi) is 4.92. The van der Waals surface area contributed by atoms with Gasteiger partial charge in [0.05, 0.1) is 6.54 Å². The number of likely N-dealkylation sites (tertiary alicyclic amines) is 1. The number of anilines is 1. The molecule has 1 N–H and O–H groups in total. The quantitative estimate of drug-likeness (QED) is 0.724. The molecule has 8 heteroatoms. The zero-order valence-electron chi connectivity index (χ0n) is 14.9. The summed E-state index contributed by atoms with van der Waals surface area (Å²) in [6.45, 7) is 3.28. The highest BCUT2D eigenvalue weighted by molar-refractivity contribution is 5.74. The van der Waals surface area contributed by atoms with Crippen molar-refractivity contribution in [1.29, 1.82) is 0 Å². The molecule has 0 aromatic carbocycles. The first kappa shape index (κ1) is 16.7. The molecule has 0 aliphatic carbocycles. The first-order chi connectivity index (χ1) is 12.8. The smallest absolute Gasteiger partial charge is 0.316 e. The standard InChI is InChI=1S/C18H23N7O/c1-24-10-5-14(6-11-24)22-17-23-15-4-2-7-19-16(15)25(17)12-13-26-18-20-8-3-9-21-18/h2-4,7-9,14H,5-6,10-13H2,1H3,(H,22,23). The van der Waals surface area contributed by atoms with Crippen LogP contribution >= 0.6 is 0 Å². The highest BCUT2D eigenvalue weighted by Gasteiger charge is 2.20. The monoisotopic (exact) mass is 353 g/mol. The summed E-state index contributed by atoms with van der Waals surface area (Å²) < 4.78 is 7.73. The largest absolute Gasteiger partial charge is 0.462 e. The second kappa shape index (κ2) is 7.65. The Labute approximate surface area is 152 Å². The van der Waals surface area contributed by atoms with E-state index in [-0.39, 0.29) is 0 Å². The van der Waals surface area contributed by atoms with Gasteiger partial charge in [-0.3, -0.25) is 4.57 Å². The maximum atomic E-state index is 5.65. The number of hydrogen-bond acceptors (Lipinski definition) is 7. The fourth-order valence-corrected chi connectivity index (χ4v) is 3.20. The summed E-state index contributed by atoms with van der Waals surface area (Å²) in [5.74, 6) is 0.853. The Balaban J connectivity index is 1.50. The molecule has 0 atom stereocenters. The second-order valence-electron chi connectivity index (χ2n) is 6.53. The van der Waals surface area contributed by atoms with Gasteiger partial charge in [-0.05, 0) is 51.2 Å². The van der Waals surface area contributed by atoms with Gasteiger partial charge in [0.1, 0.15) is 12.1 Å². The van der Waals surface area contributed by atoms with Crippen molar-refractivity contribution >= 4 is 17.1 Å². The van der Waals surface area contributed by atoms with Gasteiger partial charge in [-0.1, -0.05) is 0 Å². The Morgan fingerprint density at radius 2 is 1.88 bits per heavy atom. The van der Waals surface area contributed by atoms with Crippen molar-refractivity contribution in [3.63, 3.8) is 0 Å². The van der Waals surface area contributed by atoms with Gasteiger partial charge in [0.2, 0.25) is 5.95 Å². The molecular weight excluding hydrogens is 330 g/mol. The van der Waals surface area contributed by atoms with Crippen LogP contribution in [0.2, 0.25) is 0 Å². The Morgan fingerprint density at radius 3 is 2.69 bits per heavy atom. The molecule has 0 saturated carbocycles. The normalized spacial score (nSPS) is 16.0. The van der Waals surface area contributed by atoms with Crippen LogP contribution in [-0.2, 0) is 6.54 Å². The predicted octanol–water partition coefficient (Wildman–Crippen LogP) is 1.81. The molecule has 4 rings (SSSR count). The van der Waals surface area contributed by atoms with E-state index in [4.69, 9.17) is 9.72 Å². The van der Waals surface area contributed by atoms with Gasteiger partial charge in [0.25, 0.3) is 0 Å². The third kappa shape index (κ3) is 3.75. The van der Waals surface area contributed by atoms with Crippen LogP contribution < -0.4 is 10.1 Å². The summed E-state index contributed by atoms with van der Waals surface area (Å²) in [6, 6.07) is 6.48. The molecule has 0 radical (unpaired) electrons. The lowest BCUT2D eigenvalue weighted by Crippen LogP contribution is -2.37. The van der Waals surface area contributed by atoms with E-state index in [0.29, 0.717) is 25.2 Å². The van der Waals surface area contributed by atoms with Gasteiger partial charge in [-0.25, -0.2) is 19.9 Å². The van der Waals surface area contributed by atoms with Crippen molar-refractivity contribution in [1.82, 2.24) is 29.4 Å². The number of piperidine rings is 1. The minimum atomic E-state index is 0.384. The molecule has 8 nitrogen and oxygen atoms in total. The maximum Gasteiger partial charge on any atom is 0.316 e. The molecule has 1 aliphatic heterocycles. The predicted molar refractivity (Wildman–Crippen MR) is 99.2 cm³/mol. The number of rotatable bonds is 6. The number of nitrogens with one attached hydrogen (secondary N) is 1. The number of pyridine rings is 1. The van der Waals surface area contributed by atoms with Gasteiger partial charge in [0.15, 0.2) is 5.65 Å². The number of aromatic nitrogens is 5. The zero-order valence-corrected chi connectivity index (χ0v) is 14.9. The summed E-state index contributed by atoms with van der Waals surface area (Å²) in [5.41, 5.74) is 1.75. The number of hydrogen-bond donors (Lipinski definition) is 1. The molecular formula is C18H23N7O. The van der Waals surface area contributed by atoms with Crippen LogP contribution in [0.1, 0.15) is 12.8 Å². The minimum Gasteiger partial charge on any atom is -0.462 e. The van der Waals surface area contributed by atoms with E-state index >= 15 is 0 Å². The summed E-state index contributed by atoms with van der Waals surface area (Å²) in [4.78, 5) is 19.8. The van der Waals surface area contributed by atoms with E-state index in [1.54, 1.807) is 24.7 Å². The van der Waals surface area contributed by atoms with Gasteiger partial charge < -0.3 is 15.0 Å². The van der Waals surface area contributed by atoms with Crippen LogP contribution in [0.4, 0.5) is 5.95 Å². The van der Waals surface area contributed by atoms with E-state index in [0.717, 1.165) is 43.0 Å². The average molecular weight is 353 g/mol. The Morgan fingerprint density at radius 1 is 1.12 bits per heavy atom. The van der Waals surface area contributed by atoms with Gasteiger partial charge >= 0.3 is 6.01 Å². The molecule has 1 fully saturated rings. The molecule has 3 aromatic heterocycles. The molecule has 0 spiro atoms. The molecule has 0 bridgehead atoms. The third-order valence-electron chi connectivity index (χ3n) is 4.64. The molecule has 4 heterocycles. The number of ether oxygens (including phenoxy) is 1. The lowest BCUT2D eigenvalue weighted by Gasteiger charge is -2.29. The highest BCUT2D eigenvalue weighted by atomic mass is 16.5.